The molecule has 6 N–H and O–H groups in total. The third kappa shape index (κ3) is 16.2. The number of cyclic esters (lactones) is 1. The van der Waals surface area contributed by atoms with Gasteiger partial charge in [-0.2, -0.15) is 0 Å². The van der Waals surface area contributed by atoms with Gasteiger partial charge in [0, 0.05) is 58.5 Å². The van der Waals surface area contributed by atoms with Gasteiger partial charge < -0.3 is 73.4 Å². The second kappa shape index (κ2) is 28.9. The number of piperidine rings is 1. The molecule has 3 saturated heterocycles. The Labute approximate surface area is 458 Å². The fraction of sp³-hybridized carbons (Fsp3) is 0.754. The molecule has 1 amide bonds. The van der Waals surface area contributed by atoms with E-state index in [1.807, 2.05) is 44.2 Å². The van der Waals surface area contributed by atoms with Gasteiger partial charge in [-0.3, -0.25) is 19.2 Å². The molecule has 0 aromatic heterocycles. The van der Waals surface area contributed by atoms with Crippen molar-refractivity contribution in [1.82, 2.24) is 4.90 Å². The lowest BCUT2D eigenvalue weighted by Gasteiger charge is -2.42. The van der Waals surface area contributed by atoms with E-state index in [2.05, 4.69) is 0 Å². The third-order valence-electron chi connectivity index (χ3n) is 16.5. The molecule has 4 heterocycles. The second-order valence-electron chi connectivity index (χ2n) is 22.5. The van der Waals surface area contributed by atoms with Crippen LogP contribution in [0.4, 0.5) is 4.79 Å². The van der Waals surface area contributed by atoms with Crippen LogP contribution in [0.5, 0.6) is 0 Å². The summed E-state index contributed by atoms with van der Waals surface area (Å²) in [7, 11) is 4.31. The molecule has 4 aliphatic heterocycles. The highest BCUT2D eigenvalue weighted by Gasteiger charge is 2.55. The molecular weight excluding hydrogens is 1020 g/mol. The zero-order valence-corrected chi connectivity index (χ0v) is 47.0. The van der Waals surface area contributed by atoms with E-state index >= 15 is 0 Å². The lowest BCUT2D eigenvalue weighted by atomic mass is 9.78. The monoisotopic (exact) mass is 1110 g/mol. The number of carbonyl (C=O) groups excluding carboxylic acids is 6. The number of aliphatic hydroxyl groups excluding tert-OH is 4. The number of hydrogen-bond acceptors (Lipinski definition) is 20. The Bertz CT molecular complexity index is 2200. The maximum absolute atomic E-state index is 14.6. The number of rotatable bonds is 8. The molecule has 1 saturated carbocycles. The normalized spacial score (nSPS) is 40.0. The molecule has 19 unspecified atom stereocenters. The number of aliphatic hydroxyl groups is 6. The minimum Gasteiger partial charge on any atom is -0.460 e. The zero-order chi connectivity index (χ0) is 57.8. The molecule has 0 spiro atoms. The van der Waals surface area contributed by atoms with Gasteiger partial charge in [0.25, 0.3) is 11.7 Å². The molecule has 19 atom stereocenters. The highest BCUT2D eigenvalue weighted by atomic mass is 16.9. The van der Waals surface area contributed by atoms with Crippen LogP contribution in [0.2, 0.25) is 0 Å². The number of hydrogen-bond donors (Lipinski definition) is 6. The number of allylic oxidation sites excluding steroid dienone is 6. The molecule has 5 aliphatic rings. The first-order valence-electron chi connectivity index (χ1n) is 27.6. The summed E-state index contributed by atoms with van der Waals surface area (Å²) in [6, 6.07) is -1.25. The number of methoxy groups -OCH3 is 3. The maximum Gasteiger partial charge on any atom is 0.513 e. The van der Waals surface area contributed by atoms with Crippen molar-refractivity contribution in [2.45, 2.75) is 204 Å². The first-order chi connectivity index (χ1) is 36.8. The molecule has 1 aliphatic carbocycles. The van der Waals surface area contributed by atoms with Crippen molar-refractivity contribution in [2.75, 3.05) is 34.5 Å². The number of Topliss-reactive ketones (excluding diaryl/α,β-unsaturated/α-hetero) is 3. The summed E-state index contributed by atoms with van der Waals surface area (Å²) < 4.78 is 44.9. The van der Waals surface area contributed by atoms with E-state index in [9.17, 15) is 59.4 Å². The van der Waals surface area contributed by atoms with Gasteiger partial charge in [0.15, 0.2) is 17.7 Å². The van der Waals surface area contributed by atoms with Crippen molar-refractivity contribution in [3.8, 4) is 0 Å². The Kier molecular flexibility index (Phi) is 24.0. The number of nitrogens with zero attached hydrogens (tertiary/aromatic N) is 1. The Hall–Kier alpha value is -4.26. The van der Waals surface area contributed by atoms with Crippen LogP contribution in [0.1, 0.15) is 126 Å². The molecule has 21 nitrogen and oxygen atoms in total. The average Bonchev–Trinajstić information content (AvgIpc) is 3.44. The van der Waals surface area contributed by atoms with Crippen molar-refractivity contribution < 1.29 is 97.3 Å². The predicted octanol–water partition coefficient (Wildman–Crippen LogP) is 4.10. The number of esters is 1. The van der Waals surface area contributed by atoms with Crippen molar-refractivity contribution in [1.29, 1.82) is 0 Å². The lowest BCUT2D eigenvalue weighted by molar-refractivity contribution is -0.415. The Morgan fingerprint density at radius 2 is 1.55 bits per heavy atom. The van der Waals surface area contributed by atoms with Crippen LogP contribution in [0, 0.1) is 35.5 Å². The van der Waals surface area contributed by atoms with Crippen LogP contribution < -0.4 is 0 Å². The van der Waals surface area contributed by atoms with Crippen molar-refractivity contribution in [2.24, 2.45) is 35.5 Å². The molecule has 0 radical (unpaired) electrons. The van der Waals surface area contributed by atoms with Gasteiger partial charge in [-0.15, -0.1) is 0 Å². The highest BCUT2D eigenvalue weighted by molar-refractivity contribution is 6.39. The summed E-state index contributed by atoms with van der Waals surface area (Å²) in [5, 5.41) is 64.3. The van der Waals surface area contributed by atoms with Gasteiger partial charge in [0.2, 0.25) is 5.79 Å². The molecule has 78 heavy (non-hydrogen) atoms. The van der Waals surface area contributed by atoms with Crippen LogP contribution in [-0.4, -0.2) is 184 Å². The standard InChI is InChI=1S/C57H87NO20/c1-31-16-12-11-13-17-32(2)44(71-8)28-39-21-19-37(7)56(69,77-39)52(65)53(66)58-23-15-14-18-40(58)54(67)75-45(29-41(59)33(3)25-36(6)48(62)50(73-10)47(61)35(5)24-31)34(4)26-38-20-22-43(46(27-38)72-9)76-55(68)78-57(70)51(64)49(63)42(60)30-74-57/h11-13,16-17,25,31,34-40,42-46,48-51,60,62-64,69-70H,14-15,18-24,26-30H2,1-10H3/b13-11?,16-12?,32-17?,33-25+. The fourth-order valence-corrected chi connectivity index (χ4v) is 11.4. The van der Waals surface area contributed by atoms with E-state index < -0.39 is 139 Å². The number of amides is 1. The molecular formula is C57H87NO20. The number of fused-ring (bicyclic) bond motifs is 3. The fourth-order valence-electron chi connectivity index (χ4n) is 11.4. The summed E-state index contributed by atoms with van der Waals surface area (Å²) in [5.74, 6) is -12.1. The van der Waals surface area contributed by atoms with E-state index in [1.165, 1.54) is 14.2 Å². The second-order valence-corrected chi connectivity index (χ2v) is 22.5. The van der Waals surface area contributed by atoms with Gasteiger partial charge in [0.1, 0.15) is 36.6 Å². The average molecular weight is 1110 g/mol. The molecule has 0 aromatic rings. The molecule has 2 bridgehead atoms. The zero-order valence-electron chi connectivity index (χ0n) is 47.0. The SMILES string of the molecule is COC1CC2CCC(C)C(O)(O2)C(=O)C(=O)N2CCCCC2C(=O)OC(C(C)CC2CCC(OC(=O)OC3(O)OCC(O)C(O)C3O)C(OC)C2)CC(=O)/C(C)=C/C(C)C(O)C(OC)C(=O)C(C)CC(C)C=CC=CC=C1C. The Morgan fingerprint density at radius 1 is 0.833 bits per heavy atom. The minimum atomic E-state index is -3.00. The van der Waals surface area contributed by atoms with Gasteiger partial charge in [-0.05, 0) is 107 Å². The molecule has 0 aromatic carbocycles. The van der Waals surface area contributed by atoms with E-state index in [0.717, 1.165) is 10.5 Å². The highest BCUT2D eigenvalue weighted by Crippen LogP contribution is 2.39. The summed E-state index contributed by atoms with van der Waals surface area (Å²) in [5.41, 5.74) is 1.07. The van der Waals surface area contributed by atoms with Crippen molar-refractivity contribution in [3.05, 3.63) is 47.6 Å². The van der Waals surface area contributed by atoms with Crippen molar-refractivity contribution >= 4 is 35.4 Å². The number of ether oxygens (including phenoxy) is 8. The maximum atomic E-state index is 14.6. The van der Waals surface area contributed by atoms with Crippen LogP contribution >= 0.6 is 0 Å². The first-order valence-corrected chi connectivity index (χ1v) is 27.6. The van der Waals surface area contributed by atoms with Gasteiger partial charge >= 0.3 is 18.1 Å². The Balaban J connectivity index is 1.42. The van der Waals surface area contributed by atoms with Crippen LogP contribution in [0.3, 0.4) is 0 Å². The van der Waals surface area contributed by atoms with Crippen LogP contribution in [0.25, 0.3) is 0 Å². The van der Waals surface area contributed by atoms with Gasteiger partial charge in [-0.25, -0.2) is 9.59 Å². The molecule has 4 fully saturated rings. The quantitative estimate of drug-likeness (QED) is 0.113. The van der Waals surface area contributed by atoms with Crippen LogP contribution in [0.15, 0.2) is 47.6 Å². The van der Waals surface area contributed by atoms with E-state index in [1.54, 1.807) is 47.8 Å². The third-order valence-corrected chi connectivity index (χ3v) is 16.5. The van der Waals surface area contributed by atoms with Crippen molar-refractivity contribution in [3.63, 3.8) is 0 Å². The van der Waals surface area contributed by atoms with Crippen LogP contribution in [-0.2, 0) is 61.9 Å². The van der Waals surface area contributed by atoms with E-state index in [-0.39, 0.29) is 55.4 Å². The van der Waals surface area contributed by atoms with E-state index in [0.29, 0.717) is 51.4 Å². The summed E-state index contributed by atoms with van der Waals surface area (Å²) >= 11 is 0. The molecule has 440 valence electrons. The topological polar surface area (TPSA) is 301 Å². The minimum absolute atomic E-state index is 0.00970. The predicted molar refractivity (Wildman–Crippen MR) is 279 cm³/mol. The molecule has 21 heteroatoms. The molecule has 5 rings (SSSR count). The summed E-state index contributed by atoms with van der Waals surface area (Å²) in [6.07, 6.45) is 1.21. The smallest absolute Gasteiger partial charge is 0.460 e. The number of carbonyl (C=O) groups is 6. The largest absolute Gasteiger partial charge is 0.513 e. The van der Waals surface area contributed by atoms with Gasteiger partial charge in [0.05, 0.1) is 31.0 Å². The Morgan fingerprint density at radius 3 is 2.23 bits per heavy atom. The lowest BCUT2D eigenvalue weighted by Crippen LogP contribution is -2.62. The summed E-state index contributed by atoms with van der Waals surface area (Å²) in [6.45, 7) is 11.7. The van der Waals surface area contributed by atoms with Gasteiger partial charge in [-0.1, -0.05) is 71.1 Å². The summed E-state index contributed by atoms with van der Waals surface area (Å²) in [4.78, 5) is 85.4. The van der Waals surface area contributed by atoms with E-state index in [4.69, 9.17) is 37.9 Å². The number of ketones is 3. The first kappa shape index (κ1) is 64.6.